The van der Waals surface area contributed by atoms with Crippen LogP contribution in [0.4, 0.5) is 5.69 Å². The van der Waals surface area contributed by atoms with E-state index in [0.717, 1.165) is 19.6 Å². The van der Waals surface area contributed by atoms with Crippen LogP contribution in [0.15, 0.2) is 59.5 Å². The predicted molar refractivity (Wildman–Crippen MR) is 112 cm³/mol. The van der Waals surface area contributed by atoms with Gasteiger partial charge in [0, 0.05) is 37.4 Å². The Bertz CT molecular complexity index is 907. The van der Waals surface area contributed by atoms with Crippen molar-refractivity contribution in [1.29, 1.82) is 0 Å². The van der Waals surface area contributed by atoms with Crippen molar-refractivity contribution >= 4 is 21.6 Å². The highest BCUT2D eigenvalue weighted by atomic mass is 32.2. The van der Waals surface area contributed by atoms with E-state index in [4.69, 9.17) is 4.74 Å². The second kappa shape index (κ2) is 9.39. The largest absolute Gasteiger partial charge is 0.373 e. The Kier molecular flexibility index (Phi) is 6.89. The highest BCUT2D eigenvalue weighted by Crippen LogP contribution is 2.16. The zero-order chi connectivity index (χ0) is 20.9. The zero-order valence-corrected chi connectivity index (χ0v) is 17.5. The van der Waals surface area contributed by atoms with E-state index in [-0.39, 0.29) is 23.0 Å². The minimum absolute atomic E-state index is 0.106. The molecule has 156 valence electrons. The fraction of sp³-hybridized carbons (Fsp3) is 0.381. The third kappa shape index (κ3) is 6.03. The van der Waals surface area contributed by atoms with Crippen molar-refractivity contribution in [2.45, 2.75) is 31.0 Å². The molecule has 3 rings (SSSR count). The number of nitrogens with zero attached hydrogens (tertiary/aromatic N) is 1. The first kappa shape index (κ1) is 21.3. The van der Waals surface area contributed by atoms with Gasteiger partial charge in [-0.25, -0.2) is 8.42 Å². The molecule has 29 heavy (non-hydrogen) atoms. The monoisotopic (exact) mass is 417 g/mol. The Hall–Kier alpha value is -2.42. The number of carbonyl (C=O) groups is 1. The second-order valence-electron chi connectivity index (χ2n) is 7.27. The molecular formula is C21H27N3O4S. The number of hydrogen-bond acceptors (Lipinski definition) is 5. The van der Waals surface area contributed by atoms with E-state index >= 15 is 0 Å². The van der Waals surface area contributed by atoms with E-state index in [2.05, 4.69) is 14.9 Å². The molecule has 0 spiro atoms. The highest BCUT2D eigenvalue weighted by Gasteiger charge is 2.21. The fourth-order valence-electron chi connectivity index (χ4n) is 3.40. The summed E-state index contributed by atoms with van der Waals surface area (Å²) in [6.45, 7) is 7.06. The molecular weight excluding hydrogens is 390 g/mol. The van der Waals surface area contributed by atoms with Crippen LogP contribution in [0, 0.1) is 0 Å². The number of nitrogens with one attached hydrogen (secondary N) is 2. The van der Waals surface area contributed by atoms with Crippen LogP contribution in [-0.2, 0) is 14.8 Å². The smallest absolute Gasteiger partial charge is 0.261 e. The van der Waals surface area contributed by atoms with Gasteiger partial charge in [0.05, 0.1) is 17.1 Å². The quantitative estimate of drug-likeness (QED) is 0.722. The average molecular weight is 418 g/mol. The first-order chi connectivity index (χ1) is 13.8. The van der Waals surface area contributed by atoms with E-state index in [1.54, 1.807) is 24.3 Å². The number of amides is 1. The summed E-state index contributed by atoms with van der Waals surface area (Å²) in [5.41, 5.74) is 0.911. The normalized spacial score (nSPS) is 20.2. The van der Waals surface area contributed by atoms with Crippen molar-refractivity contribution in [1.82, 2.24) is 10.2 Å². The van der Waals surface area contributed by atoms with Crippen molar-refractivity contribution in [2.24, 2.45) is 0 Å². The Morgan fingerprint density at radius 1 is 1.03 bits per heavy atom. The molecule has 1 heterocycles. The van der Waals surface area contributed by atoms with Crippen LogP contribution in [0.2, 0.25) is 0 Å². The third-order valence-corrected chi connectivity index (χ3v) is 6.06. The molecule has 7 nitrogen and oxygen atoms in total. The van der Waals surface area contributed by atoms with Gasteiger partial charge in [-0.05, 0) is 50.2 Å². The Morgan fingerprint density at radius 2 is 1.66 bits per heavy atom. The number of morpholine rings is 1. The van der Waals surface area contributed by atoms with Gasteiger partial charge in [-0.2, -0.15) is 0 Å². The van der Waals surface area contributed by atoms with Crippen molar-refractivity contribution in [2.75, 3.05) is 30.9 Å². The van der Waals surface area contributed by atoms with Gasteiger partial charge in [0.25, 0.3) is 15.9 Å². The molecule has 0 saturated carbocycles. The number of hydrogen-bond donors (Lipinski definition) is 2. The van der Waals surface area contributed by atoms with Crippen molar-refractivity contribution < 1.29 is 17.9 Å². The molecule has 2 atom stereocenters. The van der Waals surface area contributed by atoms with Crippen molar-refractivity contribution in [3.05, 3.63) is 60.2 Å². The molecule has 1 aliphatic rings. The second-order valence-corrected chi connectivity index (χ2v) is 8.95. The van der Waals surface area contributed by atoms with Gasteiger partial charge in [-0.15, -0.1) is 0 Å². The number of ether oxygens (including phenoxy) is 1. The predicted octanol–water partition coefficient (Wildman–Crippen LogP) is 2.33. The molecule has 2 unspecified atom stereocenters. The Labute approximate surface area is 172 Å². The van der Waals surface area contributed by atoms with Crippen LogP contribution >= 0.6 is 0 Å². The molecule has 0 bridgehead atoms. The molecule has 1 amide bonds. The van der Waals surface area contributed by atoms with Crippen LogP contribution < -0.4 is 10.0 Å². The van der Waals surface area contributed by atoms with Gasteiger partial charge in [0.15, 0.2) is 0 Å². The minimum Gasteiger partial charge on any atom is -0.373 e. The van der Waals surface area contributed by atoms with Gasteiger partial charge < -0.3 is 10.1 Å². The summed E-state index contributed by atoms with van der Waals surface area (Å²) < 4.78 is 33.1. The maximum Gasteiger partial charge on any atom is 0.261 e. The topological polar surface area (TPSA) is 87.7 Å². The lowest BCUT2D eigenvalue weighted by Crippen LogP contribution is -2.47. The first-order valence-corrected chi connectivity index (χ1v) is 11.2. The summed E-state index contributed by atoms with van der Waals surface area (Å²) in [6, 6.07) is 14.6. The van der Waals surface area contributed by atoms with E-state index in [0.29, 0.717) is 17.8 Å². The lowest BCUT2D eigenvalue weighted by molar-refractivity contribution is -0.0672. The van der Waals surface area contributed by atoms with E-state index in [1.165, 1.54) is 24.3 Å². The van der Waals surface area contributed by atoms with Gasteiger partial charge >= 0.3 is 0 Å². The summed E-state index contributed by atoms with van der Waals surface area (Å²) >= 11 is 0. The Balaban J connectivity index is 1.53. The maximum absolute atomic E-state index is 12.5. The number of para-hydroxylation sites is 1. The third-order valence-electron chi connectivity index (χ3n) is 4.66. The van der Waals surface area contributed by atoms with Gasteiger partial charge in [0.1, 0.15) is 0 Å². The van der Waals surface area contributed by atoms with Gasteiger partial charge in [0.2, 0.25) is 0 Å². The van der Waals surface area contributed by atoms with E-state index in [9.17, 15) is 13.2 Å². The summed E-state index contributed by atoms with van der Waals surface area (Å²) in [7, 11) is -3.70. The number of carbonyl (C=O) groups excluding carboxylic acids is 1. The number of anilines is 1. The van der Waals surface area contributed by atoms with E-state index in [1.807, 2.05) is 19.9 Å². The van der Waals surface area contributed by atoms with Crippen LogP contribution in [-0.4, -0.2) is 57.6 Å². The highest BCUT2D eigenvalue weighted by molar-refractivity contribution is 7.92. The average Bonchev–Trinajstić information content (AvgIpc) is 2.68. The lowest BCUT2D eigenvalue weighted by Gasteiger charge is -2.35. The van der Waals surface area contributed by atoms with Crippen LogP contribution in [0.5, 0.6) is 0 Å². The lowest BCUT2D eigenvalue weighted by atomic mass is 10.2. The van der Waals surface area contributed by atoms with Crippen LogP contribution in [0.25, 0.3) is 0 Å². The number of sulfonamides is 1. The molecule has 1 fully saturated rings. The van der Waals surface area contributed by atoms with E-state index < -0.39 is 10.0 Å². The Morgan fingerprint density at radius 3 is 2.28 bits per heavy atom. The molecule has 1 aliphatic heterocycles. The molecule has 0 aliphatic carbocycles. The minimum atomic E-state index is -3.70. The van der Waals surface area contributed by atoms with Crippen LogP contribution in [0.3, 0.4) is 0 Å². The number of benzene rings is 2. The SMILES string of the molecule is CC1CN(CCNC(=O)c2ccc(S(=O)(=O)Nc3ccccc3)cc2)CC(C)O1. The summed E-state index contributed by atoms with van der Waals surface area (Å²) in [5, 5.41) is 2.89. The molecule has 0 radical (unpaired) electrons. The number of rotatable bonds is 7. The molecule has 1 saturated heterocycles. The van der Waals surface area contributed by atoms with Crippen LogP contribution in [0.1, 0.15) is 24.2 Å². The first-order valence-electron chi connectivity index (χ1n) is 9.67. The summed E-state index contributed by atoms with van der Waals surface area (Å²) in [5.74, 6) is -0.223. The summed E-state index contributed by atoms with van der Waals surface area (Å²) in [4.78, 5) is 14.7. The van der Waals surface area contributed by atoms with Crippen molar-refractivity contribution in [3.63, 3.8) is 0 Å². The molecule has 2 N–H and O–H groups in total. The standard InChI is InChI=1S/C21H27N3O4S/c1-16-14-24(15-17(2)28-16)13-12-22-21(25)18-8-10-20(11-9-18)29(26,27)23-19-6-4-3-5-7-19/h3-11,16-17,23H,12-15H2,1-2H3,(H,22,25). The maximum atomic E-state index is 12.5. The molecule has 0 aromatic heterocycles. The molecule has 2 aromatic carbocycles. The zero-order valence-electron chi connectivity index (χ0n) is 16.7. The van der Waals surface area contributed by atoms with Crippen molar-refractivity contribution in [3.8, 4) is 0 Å². The van der Waals surface area contributed by atoms with Gasteiger partial charge in [-0.1, -0.05) is 18.2 Å². The molecule has 2 aromatic rings. The molecule has 8 heteroatoms. The van der Waals surface area contributed by atoms with Gasteiger partial charge in [-0.3, -0.25) is 14.4 Å². The fourth-order valence-corrected chi connectivity index (χ4v) is 4.46. The summed E-state index contributed by atoms with van der Waals surface area (Å²) in [6.07, 6.45) is 0.377.